The Labute approximate surface area is 88.7 Å². The molecule has 1 heterocycles. The fourth-order valence-corrected chi connectivity index (χ4v) is 1.16. The van der Waals surface area contributed by atoms with Crippen molar-refractivity contribution in [2.45, 2.75) is 0 Å². The maximum absolute atomic E-state index is 10.8. The Morgan fingerprint density at radius 1 is 1.57 bits per heavy atom. The van der Waals surface area contributed by atoms with Gasteiger partial charge in [0.15, 0.2) is 0 Å². The van der Waals surface area contributed by atoms with Crippen molar-refractivity contribution in [3.05, 3.63) is 23.8 Å². The van der Waals surface area contributed by atoms with Gasteiger partial charge in [-0.1, -0.05) is 0 Å². The standard InChI is InChI=1S/C9H8N2O2.ClH/c10-9(12)6-1-2-8-7(5-6)11-3-4-13-8;/h1-3,5H,4H2,(H2,10,12);1H/p+1. The number of ether oxygens (including phenoxy) is 1. The highest BCUT2D eigenvalue weighted by atomic mass is 35.5. The molecule has 1 aromatic rings. The molecular formula is C9H10ClN2O2+. The van der Waals surface area contributed by atoms with Crippen molar-refractivity contribution < 1.29 is 11.0 Å². The predicted molar refractivity (Wildman–Crippen MR) is 57.0 cm³/mol. The van der Waals surface area contributed by atoms with E-state index in [1.807, 2.05) is 0 Å². The van der Waals surface area contributed by atoms with E-state index < -0.39 is 5.91 Å². The zero-order valence-corrected chi connectivity index (χ0v) is 8.08. The summed E-state index contributed by atoms with van der Waals surface area (Å²) in [5.74, 6) is 0.232. The number of nitrogens with two attached hydrogens (primary N) is 1. The van der Waals surface area contributed by atoms with E-state index in [-0.39, 0.29) is 13.8 Å². The molecule has 2 N–H and O–H groups in total. The Balaban J connectivity index is 0.000000980. The summed E-state index contributed by atoms with van der Waals surface area (Å²) in [6.45, 7) is 0.475. The smallest absolute Gasteiger partial charge is 0.486 e. The Morgan fingerprint density at radius 3 is 3.07 bits per heavy atom. The topological polar surface area (TPSA) is 64.7 Å². The fourth-order valence-electron chi connectivity index (χ4n) is 1.16. The summed E-state index contributed by atoms with van der Waals surface area (Å²) in [6.07, 6.45) is 1.65. The number of nitrogens with zero attached hydrogens (tertiary/aromatic N) is 1. The first-order valence-electron chi connectivity index (χ1n) is 3.86. The summed E-state index contributed by atoms with van der Waals surface area (Å²) in [6, 6.07) is 4.95. The molecule has 0 unspecified atom stereocenters. The molecule has 0 bridgehead atoms. The van der Waals surface area contributed by atoms with Crippen LogP contribution in [0.25, 0.3) is 0 Å². The van der Waals surface area contributed by atoms with Gasteiger partial charge in [0.1, 0.15) is 18.0 Å². The van der Waals surface area contributed by atoms with E-state index in [4.69, 9.17) is 10.5 Å². The number of carbonyl (C=O) groups is 1. The molecule has 1 amide bonds. The van der Waals surface area contributed by atoms with Crippen molar-refractivity contribution in [2.24, 2.45) is 10.7 Å². The van der Waals surface area contributed by atoms with Gasteiger partial charge >= 0.3 is 1.43 Å². The molecule has 5 heteroatoms. The first-order valence-corrected chi connectivity index (χ1v) is 3.86. The van der Waals surface area contributed by atoms with Crippen LogP contribution in [-0.4, -0.2) is 18.7 Å². The second kappa shape index (κ2) is 4.11. The third kappa shape index (κ3) is 1.85. The quantitative estimate of drug-likeness (QED) is 0.767. The summed E-state index contributed by atoms with van der Waals surface area (Å²) in [4.78, 5) is 14.9. The van der Waals surface area contributed by atoms with Crippen LogP contribution in [0.1, 0.15) is 11.8 Å². The summed E-state index contributed by atoms with van der Waals surface area (Å²) in [7, 11) is 0. The lowest BCUT2D eigenvalue weighted by atomic mass is 10.2. The number of carbonyl (C=O) groups excluding carboxylic acids is 1. The van der Waals surface area contributed by atoms with E-state index in [2.05, 4.69) is 4.99 Å². The summed E-state index contributed by atoms with van der Waals surface area (Å²) >= 11 is 0. The molecule has 0 aromatic heterocycles. The number of hydrogen-bond donors (Lipinski definition) is 1. The fraction of sp³-hybridized carbons (Fsp3) is 0.111. The lowest BCUT2D eigenvalue weighted by molar-refractivity contribution is 0.100. The zero-order chi connectivity index (χ0) is 9.26. The molecule has 74 valence electrons. The van der Waals surface area contributed by atoms with Gasteiger partial charge < -0.3 is 10.5 Å². The van der Waals surface area contributed by atoms with E-state index in [0.29, 0.717) is 23.6 Å². The van der Waals surface area contributed by atoms with Crippen molar-refractivity contribution in [3.8, 4) is 5.75 Å². The molecule has 4 nitrogen and oxygen atoms in total. The van der Waals surface area contributed by atoms with E-state index >= 15 is 0 Å². The predicted octanol–water partition coefficient (Wildman–Crippen LogP) is 1.41. The molecule has 1 aliphatic heterocycles. The van der Waals surface area contributed by atoms with Gasteiger partial charge in [-0.3, -0.25) is 9.79 Å². The highest BCUT2D eigenvalue weighted by Gasteiger charge is 2.09. The molecule has 0 aliphatic carbocycles. The molecule has 2 rings (SSSR count). The molecule has 0 saturated heterocycles. The molecular weight excluding hydrogens is 204 g/mol. The van der Waals surface area contributed by atoms with E-state index in [0.717, 1.165) is 0 Å². The van der Waals surface area contributed by atoms with Gasteiger partial charge in [-0.15, -0.1) is 12.4 Å². The van der Waals surface area contributed by atoms with Crippen LogP contribution in [0.3, 0.4) is 0 Å². The number of rotatable bonds is 1. The van der Waals surface area contributed by atoms with Crippen LogP contribution in [0.5, 0.6) is 5.75 Å². The van der Waals surface area contributed by atoms with Crippen LogP contribution in [0.4, 0.5) is 5.69 Å². The van der Waals surface area contributed by atoms with Crippen LogP contribution >= 0.6 is 12.4 Å². The van der Waals surface area contributed by atoms with Gasteiger partial charge in [0.2, 0.25) is 5.91 Å². The average molecular weight is 214 g/mol. The molecule has 1 aromatic carbocycles. The Bertz CT molecular complexity index is 396. The molecule has 0 radical (unpaired) electrons. The van der Waals surface area contributed by atoms with Crippen molar-refractivity contribution in [1.29, 1.82) is 0 Å². The monoisotopic (exact) mass is 213 g/mol. The first-order chi connectivity index (χ1) is 6.27. The van der Waals surface area contributed by atoms with Crippen molar-refractivity contribution >= 4 is 30.2 Å². The molecule has 14 heavy (non-hydrogen) atoms. The van der Waals surface area contributed by atoms with Crippen LogP contribution in [0.2, 0.25) is 0 Å². The Kier molecular flexibility index (Phi) is 3.09. The lowest BCUT2D eigenvalue weighted by Crippen LogP contribution is -2.11. The van der Waals surface area contributed by atoms with Gasteiger partial charge in [0, 0.05) is 11.8 Å². The normalized spacial score (nSPS) is 12.3. The summed E-state index contributed by atoms with van der Waals surface area (Å²) < 4.78 is 5.26. The van der Waals surface area contributed by atoms with Gasteiger partial charge in [0.25, 0.3) is 0 Å². The van der Waals surface area contributed by atoms with Crippen LogP contribution < -0.4 is 10.5 Å². The third-order valence-corrected chi connectivity index (χ3v) is 1.79. The maximum atomic E-state index is 10.8. The summed E-state index contributed by atoms with van der Waals surface area (Å²) in [5, 5.41) is 0. The number of amides is 1. The molecule has 0 saturated carbocycles. The van der Waals surface area contributed by atoms with E-state index in [9.17, 15) is 4.79 Å². The molecule has 0 atom stereocenters. The van der Waals surface area contributed by atoms with Crippen molar-refractivity contribution in [1.82, 2.24) is 0 Å². The van der Waals surface area contributed by atoms with Crippen LogP contribution in [-0.2, 0) is 0 Å². The number of aliphatic imine (C=N–C) groups is 1. The second-order valence-electron chi connectivity index (χ2n) is 2.67. The largest absolute Gasteiger partial charge is 1.00 e. The van der Waals surface area contributed by atoms with Gasteiger partial charge in [-0.25, -0.2) is 0 Å². The second-order valence-corrected chi connectivity index (χ2v) is 2.67. The highest BCUT2D eigenvalue weighted by Crippen LogP contribution is 2.29. The van der Waals surface area contributed by atoms with Crippen LogP contribution in [0, 0.1) is 0 Å². The third-order valence-electron chi connectivity index (χ3n) is 1.79. The molecule has 0 spiro atoms. The minimum absolute atomic E-state index is 0. The minimum Gasteiger partial charge on any atom is -0.486 e. The van der Waals surface area contributed by atoms with E-state index in [1.165, 1.54) is 0 Å². The van der Waals surface area contributed by atoms with Crippen molar-refractivity contribution in [2.75, 3.05) is 6.61 Å². The Hall–Kier alpha value is -1.55. The van der Waals surface area contributed by atoms with Gasteiger partial charge in [-0.2, -0.15) is 0 Å². The zero-order valence-electron chi connectivity index (χ0n) is 8.27. The van der Waals surface area contributed by atoms with Crippen LogP contribution in [0.15, 0.2) is 23.2 Å². The lowest BCUT2D eigenvalue weighted by Gasteiger charge is -2.11. The minimum atomic E-state index is -0.455. The number of primary amides is 1. The number of hydrogen-bond acceptors (Lipinski definition) is 3. The summed E-state index contributed by atoms with van der Waals surface area (Å²) in [5.41, 5.74) is 6.22. The van der Waals surface area contributed by atoms with Crippen molar-refractivity contribution in [3.63, 3.8) is 0 Å². The van der Waals surface area contributed by atoms with Gasteiger partial charge in [0.05, 0.1) is 0 Å². The Morgan fingerprint density at radius 2 is 2.36 bits per heavy atom. The number of fused-ring (bicyclic) bond motifs is 1. The molecule has 0 fully saturated rings. The number of benzene rings is 1. The van der Waals surface area contributed by atoms with E-state index in [1.54, 1.807) is 24.4 Å². The SMILES string of the molecule is Cl.NC(=O)c1ccc2c(c1)N=CCO2.[H+]. The first kappa shape index (κ1) is 10.5. The maximum Gasteiger partial charge on any atom is 1.00 e. The van der Waals surface area contributed by atoms with Gasteiger partial charge in [-0.05, 0) is 18.2 Å². The number of halogens is 1. The average Bonchev–Trinajstić information content (AvgIpc) is 2.17. The molecule has 1 aliphatic rings. The highest BCUT2D eigenvalue weighted by molar-refractivity contribution is 5.94.